The normalized spacial score (nSPS) is 14.8. The van der Waals surface area contributed by atoms with Gasteiger partial charge in [0.05, 0.1) is 24.4 Å². The van der Waals surface area contributed by atoms with Crippen molar-refractivity contribution < 1.29 is 18.8 Å². The van der Waals surface area contributed by atoms with E-state index in [-0.39, 0.29) is 11.9 Å². The summed E-state index contributed by atoms with van der Waals surface area (Å²) >= 11 is 0. The van der Waals surface area contributed by atoms with Gasteiger partial charge in [-0.05, 0) is 81.7 Å². The van der Waals surface area contributed by atoms with Crippen molar-refractivity contribution in [3.8, 4) is 11.5 Å². The monoisotopic (exact) mass is 449 g/mol. The fourth-order valence-corrected chi connectivity index (χ4v) is 4.22. The number of carbonyl (C=O) groups is 1. The van der Waals surface area contributed by atoms with Gasteiger partial charge in [-0.2, -0.15) is 0 Å². The largest absolute Gasteiger partial charge is 0.497 e. The lowest BCUT2D eigenvalue weighted by atomic mass is 10.0. The van der Waals surface area contributed by atoms with E-state index >= 15 is 0 Å². The Bertz CT molecular complexity index is 1050. The van der Waals surface area contributed by atoms with E-state index < -0.39 is 0 Å². The molecule has 1 aliphatic rings. The minimum absolute atomic E-state index is 0.0978. The van der Waals surface area contributed by atoms with E-state index in [1.807, 2.05) is 38.1 Å². The van der Waals surface area contributed by atoms with Crippen molar-refractivity contribution in [1.82, 2.24) is 15.4 Å². The van der Waals surface area contributed by atoms with E-state index in [2.05, 4.69) is 27.5 Å². The summed E-state index contributed by atoms with van der Waals surface area (Å²) in [6, 6.07) is 15.4. The topological polar surface area (TPSA) is 76.8 Å². The van der Waals surface area contributed by atoms with Gasteiger partial charge in [0.2, 0.25) is 0 Å². The Morgan fingerprint density at radius 2 is 1.88 bits per heavy atom. The molecule has 33 heavy (non-hydrogen) atoms. The van der Waals surface area contributed by atoms with Gasteiger partial charge in [0.15, 0.2) is 0 Å². The highest BCUT2D eigenvalue weighted by molar-refractivity contribution is 5.94. The standard InChI is InChI=1S/C26H31N3O4/c1-18-24(19(2)33-28-18)17-32-22-11-9-20(10-12-22)26(30)27-16-25(29-13-4-5-14-29)21-7-6-8-23(15-21)31-3/h6-12,15,25H,4-5,13-14,16-17H2,1-3H3,(H,27,30)/t25-/m1/s1. The lowest BCUT2D eigenvalue weighted by Gasteiger charge is -2.28. The Morgan fingerprint density at radius 1 is 1.12 bits per heavy atom. The lowest BCUT2D eigenvalue weighted by Crippen LogP contribution is -2.36. The number of carbonyl (C=O) groups excluding carboxylic acids is 1. The number of hydrogen-bond donors (Lipinski definition) is 1. The van der Waals surface area contributed by atoms with E-state index in [9.17, 15) is 4.79 Å². The van der Waals surface area contributed by atoms with Crippen molar-refractivity contribution >= 4 is 5.91 Å². The number of aryl methyl sites for hydroxylation is 2. The van der Waals surface area contributed by atoms with Crippen molar-refractivity contribution in [3.63, 3.8) is 0 Å². The lowest BCUT2D eigenvalue weighted by molar-refractivity contribution is 0.0938. The third-order valence-electron chi connectivity index (χ3n) is 6.20. The number of rotatable bonds is 9. The zero-order valence-corrected chi connectivity index (χ0v) is 19.5. The number of nitrogens with one attached hydrogen (secondary N) is 1. The fourth-order valence-electron chi connectivity index (χ4n) is 4.22. The molecule has 4 rings (SSSR count). The predicted octanol–water partition coefficient (Wildman–Crippen LogP) is 4.45. The maximum Gasteiger partial charge on any atom is 0.251 e. The highest BCUT2D eigenvalue weighted by Crippen LogP contribution is 2.27. The zero-order chi connectivity index (χ0) is 23.2. The summed E-state index contributed by atoms with van der Waals surface area (Å²) in [6.07, 6.45) is 2.37. The molecule has 2 heterocycles. The predicted molar refractivity (Wildman–Crippen MR) is 126 cm³/mol. The molecule has 3 aromatic rings. The van der Waals surface area contributed by atoms with Gasteiger partial charge in [-0.3, -0.25) is 9.69 Å². The number of ether oxygens (including phenoxy) is 2. The Kier molecular flexibility index (Phi) is 7.29. The third kappa shape index (κ3) is 5.54. The molecule has 1 saturated heterocycles. The summed E-state index contributed by atoms with van der Waals surface area (Å²) in [5, 5.41) is 7.06. The molecule has 0 saturated carbocycles. The first-order chi connectivity index (χ1) is 16.0. The van der Waals surface area contributed by atoms with Crippen LogP contribution in [0.5, 0.6) is 11.5 Å². The summed E-state index contributed by atoms with van der Waals surface area (Å²) in [6.45, 7) is 6.75. The molecule has 174 valence electrons. The van der Waals surface area contributed by atoms with Crippen LogP contribution in [0.4, 0.5) is 0 Å². The molecule has 1 amide bonds. The third-order valence-corrected chi connectivity index (χ3v) is 6.20. The van der Waals surface area contributed by atoms with Gasteiger partial charge in [-0.25, -0.2) is 0 Å². The van der Waals surface area contributed by atoms with Crippen molar-refractivity contribution in [2.75, 3.05) is 26.7 Å². The van der Waals surface area contributed by atoms with Gasteiger partial charge < -0.3 is 19.3 Å². The second kappa shape index (κ2) is 10.5. The van der Waals surface area contributed by atoms with Crippen LogP contribution in [0.25, 0.3) is 0 Å². The number of aromatic nitrogens is 1. The first kappa shape index (κ1) is 22.9. The van der Waals surface area contributed by atoms with Crippen LogP contribution in [0.2, 0.25) is 0 Å². The molecule has 1 fully saturated rings. The summed E-state index contributed by atoms with van der Waals surface area (Å²) in [5.74, 6) is 2.18. The van der Waals surface area contributed by atoms with Gasteiger partial charge in [0.25, 0.3) is 5.91 Å². The molecule has 0 bridgehead atoms. The first-order valence-electron chi connectivity index (χ1n) is 11.4. The van der Waals surface area contributed by atoms with Crippen LogP contribution < -0.4 is 14.8 Å². The Hall–Kier alpha value is -3.32. The van der Waals surface area contributed by atoms with Crippen LogP contribution in [0.1, 0.15) is 51.8 Å². The van der Waals surface area contributed by atoms with Crippen LogP contribution in [-0.2, 0) is 6.61 Å². The Morgan fingerprint density at radius 3 is 2.55 bits per heavy atom. The number of methoxy groups -OCH3 is 1. The molecule has 1 atom stereocenters. The van der Waals surface area contributed by atoms with E-state index in [4.69, 9.17) is 14.0 Å². The molecule has 1 N–H and O–H groups in total. The van der Waals surface area contributed by atoms with E-state index in [0.29, 0.717) is 24.5 Å². The van der Waals surface area contributed by atoms with Crippen molar-refractivity contribution in [2.24, 2.45) is 0 Å². The Labute approximate surface area is 194 Å². The molecule has 1 aromatic heterocycles. The second-order valence-corrected chi connectivity index (χ2v) is 8.36. The SMILES string of the molecule is COc1cccc([C@@H](CNC(=O)c2ccc(OCc3c(C)noc3C)cc2)N2CCCC2)c1. The summed E-state index contributed by atoms with van der Waals surface area (Å²) < 4.78 is 16.4. The molecular formula is C26H31N3O4. The highest BCUT2D eigenvalue weighted by atomic mass is 16.5. The van der Waals surface area contributed by atoms with Crippen molar-refractivity contribution in [3.05, 3.63) is 76.7 Å². The van der Waals surface area contributed by atoms with E-state index in [1.165, 1.54) is 12.8 Å². The molecule has 0 unspecified atom stereocenters. The molecule has 7 heteroatoms. The number of nitrogens with zero attached hydrogens (tertiary/aromatic N) is 2. The van der Waals surface area contributed by atoms with Crippen molar-refractivity contribution in [1.29, 1.82) is 0 Å². The van der Waals surface area contributed by atoms with Crippen LogP contribution in [0.3, 0.4) is 0 Å². The number of likely N-dealkylation sites (tertiary alicyclic amines) is 1. The molecule has 0 spiro atoms. The number of amides is 1. The maximum atomic E-state index is 12.8. The van der Waals surface area contributed by atoms with Crippen LogP contribution >= 0.6 is 0 Å². The smallest absolute Gasteiger partial charge is 0.251 e. The molecule has 2 aromatic carbocycles. The molecule has 0 radical (unpaired) electrons. The molecular weight excluding hydrogens is 418 g/mol. The van der Waals surface area contributed by atoms with Crippen LogP contribution in [0, 0.1) is 13.8 Å². The number of hydrogen-bond acceptors (Lipinski definition) is 6. The molecule has 1 aliphatic heterocycles. The minimum Gasteiger partial charge on any atom is -0.497 e. The highest BCUT2D eigenvalue weighted by Gasteiger charge is 2.24. The summed E-state index contributed by atoms with van der Waals surface area (Å²) in [5.41, 5.74) is 3.53. The average Bonchev–Trinajstić information content (AvgIpc) is 3.48. The van der Waals surface area contributed by atoms with Gasteiger partial charge in [0, 0.05) is 12.1 Å². The summed E-state index contributed by atoms with van der Waals surface area (Å²) in [7, 11) is 1.67. The van der Waals surface area contributed by atoms with Gasteiger partial charge in [-0.15, -0.1) is 0 Å². The van der Waals surface area contributed by atoms with E-state index in [1.54, 1.807) is 19.2 Å². The van der Waals surface area contributed by atoms with E-state index in [0.717, 1.165) is 41.4 Å². The van der Waals surface area contributed by atoms with Crippen LogP contribution in [-0.4, -0.2) is 42.7 Å². The minimum atomic E-state index is -0.0978. The molecule has 7 nitrogen and oxygen atoms in total. The van der Waals surface area contributed by atoms with Gasteiger partial charge >= 0.3 is 0 Å². The Balaban J connectivity index is 1.38. The van der Waals surface area contributed by atoms with Gasteiger partial charge in [0.1, 0.15) is 23.9 Å². The van der Waals surface area contributed by atoms with Gasteiger partial charge in [-0.1, -0.05) is 17.3 Å². The fraction of sp³-hybridized carbons (Fsp3) is 0.385. The average molecular weight is 450 g/mol. The van der Waals surface area contributed by atoms with Crippen LogP contribution in [0.15, 0.2) is 53.1 Å². The number of benzene rings is 2. The maximum absolute atomic E-state index is 12.8. The quantitative estimate of drug-likeness (QED) is 0.520. The summed E-state index contributed by atoms with van der Waals surface area (Å²) in [4.78, 5) is 15.3. The first-order valence-corrected chi connectivity index (χ1v) is 11.4. The molecule has 0 aliphatic carbocycles. The second-order valence-electron chi connectivity index (χ2n) is 8.36. The zero-order valence-electron chi connectivity index (χ0n) is 19.5. The van der Waals surface area contributed by atoms with Crippen molar-refractivity contribution in [2.45, 2.75) is 39.3 Å².